The molecule has 0 amide bonds. The van der Waals surface area contributed by atoms with Crippen LogP contribution in [0, 0.1) is 0 Å². The van der Waals surface area contributed by atoms with Gasteiger partial charge in [-0.3, -0.25) is 0 Å². The third-order valence-electron chi connectivity index (χ3n) is 3.04. The lowest BCUT2D eigenvalue weighted by atomic mass is 10.2. The van der Waals surface area contributed by atoms with Crippen molar-refractivity contribution in [3.8, 4) is 22.9 Å². The van der Waals surface area contributed by atoms with Crippen molar-refractivity contribution in [3.05, 3.63) is 30.9 Å². The number of benzene rings is 1. The van der Waals surface area contributed by atoms with Gasteiger partial charge in [0.2, 0.25) is 0 Å². The van der Waals surface area contributed by atoms with Gasteiger partial charge in [0.1, 0.15) is 30.3 Å². The minimum atomic E-state index is -0.0840. The first kappa shape index (κ1) is 16.2. The molecule has 1 aromatic heterocycles. The molecule has 6 nitrogen and oxygen atoms in total. The van der Waals surface area contributed by atoms with Gasteiger partial charge in [0.15, 0.2) is 5.82 Å². The Kier molecular flexibility index (Phi) is 6.09. The van der Waals surface area contributed by atoms with Gasteiger partial charge in [0, 0.05) is 12.7 Å². The molecular formula is C16H21N3O3. The maximum atomic E-state index is 10.1. The Hall–Kier alpha value is -2.21. The second kappa shape index (κ2) is 8.29. The smallest absolute Gasteiger partial charge is 0.166 e. The fourth-order valence-corrected chi connectivity index (χ4v) is 1.91. The van der Waals surface area contributed by atoms with Gasteiger partial charge in [-0.05, 0) is 25.5 Å². The average Bonchev–Trinajstić information content (AvgIpc) is 2.52. The topological polar surface area (TPSA) is 77.4 Å². The van der Waals surface area contributed by atoms with E-state index in [1.165, 1.54) is 12.7 Å². The van der Waals surface area contributed by atoms with E-state index in [1.54, 1.807) is 18.2 Å². The van der Waals surface area contributed by atoms with Gasteiger partial charge in [-0.25, -0.2) is 15.0 Å². The molecular weight excluding hydrogens is 282 g/mol. The molecule has 0 aliphatic carbocycles. The maximum Gasteiger partial charge on any atom is 0.166 e. The largest absolute Gasteiger partial charge is 0.507 e. The molecule has 2 rings (SSSR count). The molecule has 1 atom stereocenters. The number of rotatable bonds is 8. The van der Waals surface area contributed by atoms with Crippen LogP contribution in [0.1, 0.15) is 26.7 Å². The molecule has 0 fully saturated rings. The Morgan fingerprint density at radius 1 is 1.23 bits per heavy atom. The summed E-state index contributed by atoms with van der Waals surface area (Å²) in [6.45, 7) is 5.33. The van der Waals surface area contributed by atoms with Crippen molar-refractivity contribution in [1.29, 1.82) is 0 Å². The quantitative estimate of drug-likeness (QED) is 0.756. The second-order valence-electron chi connectivity index (χ2n) is 5.00. The van der Waals surface area contributed by atoms with Crippen molar-refractivity contribution < 1.29 is 14.6 Å². The van der Waals surface area contributed by atoms with Crippen LogP contribution in [0.5, 0.6) is 11.5 Å². The van der Waals surface area contributed by atoms with Crippen LogP contribution in [0.15, 0.2) is 30.9 Å². The van der Waals surface area contributed by atoms with Crippen LogP contribution in [0.2, 0.25) is 0 Å². The van der Waals surface area contributed by atoms with Crippen LogP contribution in [0.3, 0.4) is 0 Å². The minimum absolute atomic E-state index is 0.0720. The summed E-state index contributed by atoms with van der Waals surface area (Å²) >= 11 is 0. The highest BCUT2D eigenvalue weighted by Gasteiger charge is 2.10. The van der Waals surface area contributed by atoms with E-state index in [4.69, 9.17) is 9.47 Å². The van der Waals surface area contributed by atoms with Crippen LogP contribution >= 0.6 is 0 Å². The lowest BCUT2D eigenvalue weighted by molar-refractivity contribution is 0.0571. The van der Waals surface area contributed by atoms with Crippen molar-refractivity contribution >= 4 is 0 Å². The molecule has 1 N–H and O–H groups in total. The van der Waals surface area contributed by atoms with Gasteiger partial charge in [0.25, 0.3) is 0 Å². The SMILES string of the molecule is CCCCOCC(C)Oc1ccc(-c2ncncn2)c(O)c1. The number of ether oxygens (including phenoxy) is 2. The molecule has 0 aliphatic rings. The summed E-state index contributed by atoms with van der Waals surface area (Å²) in [6.07, 6.45) is 4.86. The van der Waals surface area contributed by atoms with E-state index >= 15 is 0 Å². The number of phenols is 1. The third kappa shape index (κ3) is 4.66. The summed E-state index contributed by atoms with van der Waals surface area (Å²) in [5.74, 6) is 1.08. The molecule has 0 spiro atoms. The summed E-state index contributed by atoms with van der Waals surface area (Å²) in [6, 6.07) is 5.06. The Bertz CT molecular complexity index is 578. The Morgan fingerprint density at radius 2 is 2.00 bits per heavy atom. The highest BCUT2D eigenvalue weighted by Crippen LogP contribution is 2.30. The Labute approximate surface area is 130 Å². The van der Waals surface area contributed by atoms with Gasteiger partial charge >= 0.3 is 0 Å². The van der Waals surface area contributed by atoms with Crippen molar-refractivity contribution in [1.82, 2.24) is 15.0 Å². The average molecular weight is 303 g/mol. The number of nitrogens with zero attached hydrogens (tertiary/aromatic N) is 3. The van der Waals surface area contributed by atoms with E-state index in [1.807, 2.05) is 6.92 Å². The van der Waals surface area contributed by atoms with Crippen molar-refractivity contribution in [2.45, 2.75) is 32.8 Å². The second-order valence-corrected chi connectivity index (χ2v) is 5.00. The Balaban J connectivity index is 1.95. The number of hydrogen-bond acceptors (Lipinski definition) is 6. The highest BCUT2D eigenvalue weighted by atomic mass is 16.5. The predicted octanol–water partition coefficient (Wildman–Crippen LogP) is 2.83. The fourth-order valence-electron chi connectivity index (χ4n) is 1.91. The molecule has 0 bridgehead atoms. The van der Waals surface area contributed by atoms with E-state index < -0.39 is 0 Å². The van der Waals surface area contributed by atoms with Crippen LogP contribution in [-0.2, 0) is 4.74 Å². The van der Waals surface area contributed by atoms with E-state index in [0.29, 0.717) is 23.7 Å². The summed E-state index contributed by atoms with van der Waals surface area (Å²) in [7, 11) is 0. The van der Waals surface area contributed by atoms with Crippen LogP contribution in [0.4, 0.5) is 0 Å². The first-order valence-electron chi connectivity index (χ1n) is 7.40. The lowest BCUT2D eigenvalue weighted by Crippen LogP contribution is -2.19. The van der Waals surface area contributed by atoms with Gasteiger partial charge in [-0.1, -0.05) is 13.3 Å². The van der Waals surface area contributed by atoms with Crippen molar-refractivity contribution in [2.24, 2.45) is 0 Å². The zero-order valence-corrected chi connectivity index (χ0v) is 12.9. The zero-order chi connectivity index (χ0) is 15.8. The van der Waals surface area contributed by atoms with E-state index in [2.05, 4.69) is 21.9 Å². The molecule has 6 heteroatoms. The standard InChI is InChI=1S/C16H21N3O3/c1-3-4-7-21-9-12(2)22-13-5-6-14(15(20)8-13)16-18-10-17-11-19-16/h5-6,8,10-12,20H,3-4,7,9H2,1-2H3. The number of hydrogen-bond donors (Lipinski definition) is 1. The maximum absolute atomic E-state index is 10.1. The molecule has 0 radical (unpaired) electrons. The summed E-state index contributed by atoms with van der Waals surface area (Å²) in [5, 5.41) is 10.1. The van der Waals surface area contributed by atoms with Crippen LogP contribution < -0.4 is 4.74 Å². The van der Waals surface area contributed by atoms with Crippen molar-refractivity contribution in [2.75, 3.05) is 13.2 Å². The molecule has 118 valence electrons. The molecule has 0 aliphatic heterocycles. The number of unbranched alkanes of at least 4 members (excludes halogenated alkanes) is 1. The van der Waals surface area contributed by atoms with Gasteiger partial charge in [-0.2, -0.15) is 0 Å². The van der Waals surface area contributed by atoms with Gasteiger partial charge in [0.05, 0.1) is 12.2 Å². The van der Waals surface area contributed by atoms with Crippen LogP contribution in [0.25, 0.3) is 11.4 Å². The van der Waals surface area contributed by atoms with E-state index in [0.717, 1.165) is 19.4 Å². The predicted molar refractivity (Wildman–Crippen MR) is 82.7 cm³/mol. The van der Waals surface area contributed by atoms with E-state index in [9.17, 15) is 5.11 Å². The van der Waals surface area contributed by atoms with Crippen LogP contribution in [-0.4, -0.2) is 39.4 Å². The van der Waals surface area contributed by atoms with Gasteiger partial charge < -0.3 is 14.6 Å². The summed E-state index contributed by atoms with van der Waals surface area (Å²) < 4.78 is 11.2. The molecule has 1 heterocycles. The normalized spacial score (nSPS) is 12.1. The fraction of sp³-hybridized carbons (Fsp3) is 0.438. The number of aromatic hydroxyl groups is 1. The lowest BCUT2D eigenvalue weighted by Gasteiger charge is -2.15. The number of aromatic nitrogens is 3. The first-order valence-corrected chi connectivity index (χ1v) is 7.40. The van der Waals surface area contributed by atoms with E-state index in [-0.39, 0.29) is 11.9 Å². The highest BCUT2D eigenvalue weighted by molar-refractivity contribution is 5.64. The zero-order valence-electron chi connectivity index (χ0n) is 12.9. The molecule has 1 aromatic carbocycles. The number of phenolic OH excluding ortho intramolecular Hbond substituents is 1. The first-order chi connectivity index (χ1) is 10.7. The summed E-state index contributed by atoms with van der Waals surface area (Å²) in [5.41, 5.74) is 0.543. The molecule has 0 saturated heterocycles. The molecule has 22 heavy (non-hydrogen) atoms. The monoisotopic (exact) mass is 303 g/mol. The molecule has 2 aromatic rings. The third-order valence-corrected chi connectivity index (χ3v) is 3.04. The summed E-state index contributed by atoms with van der Waals surface area (Å²) in [4.78, 5) is 11.8. The van der Waals surface area contributed by atoms with Crippen molar-refractivity contribution in [3.63, 3.8) is 0 Å². The Morgan fingerprint density at radius 3 is 2.68 bits per heavy atom. The molecule has 0 saturated carbocycles. The van der Waals surface area contributed by atoms with Gasteiger partial charge in [-0.15, -0.1) is 0 Å². The molecule has 1 unspecified atom stereocenters. The minimum Gasteiger partial charge on any atom is -0.507 e.